The monoisotopic (exact) mass is 412 g/mol. The molecular formula is C29H32O2. The van der Waals surface area contributed by atoms with Crippen LogP contribution in [0.5, 0.6) is 0 Å². The van der Waals surface area contributed by atoms with E-state index in [-0.39, 0.29) is 12.4 Å². The molecule has 3 aromatic rings. The van der Waals surface area contributed by atoms with Crippen LogP contribution in [0.15, 0.2) is 66.7 Å². The van der Waals surface area contributed by atoms with Crippen molar-refractivity contribution in [2.24, 2.45) is 5.41 Å². The van der Waals surface area contributed by atoms with E-state index in [9.17, 15) is 9.90 Å². The first-order chi connectivity index (χ1) is 14.8. The molecule has 0 radical (unpaired) electrons. The van der Waals surface area contributed by atoms with Crippen molar-refractivity contribution in [1.29, 1.82) is 0 Å². The molecule has 3 aromatic carbocycles. The summed E-state index contributed by atoms with van der Waals surface area (Å²) in [5.74, 6) is 0.0380. The SMILES string of the molecule is CC(=O)[C@](C)(CO)CCc1ccc(C)c(/C=C/c2cccc(-c3ccccc3)c2C)c1. The van der Waals surface area contributed by atoms with Crippen LogP contribution in [-0.2, 0) is 11.2 Å². The fourth-order valence-corrected chi connectivity index (χ4v) is 3.76. The van der Waals surface area contributed by atoms with Crippen LogP contribution in [0.25, 0.3) is 23.3 Å². The van der Waals surface area contributed by atoms with E-state index in [1.165, 1.54) is 38.9 Å². The van der Waals surface area contributed by atoms with Gasteiger partial charge in [-0.15, -0.1) is 0 Å². The Kier molecular flexibility index (Phi) is 7.25. The third-order valence-corrected chi connectivity index (χ3v) is 6.41. The van der Waals surface area contributed by atoms with Gasteiger partial charge in [0.2, 0.25) is 0 Å². The van der Waals surface area contributed by atoms with Gasteiger partial charge in [0.1, 0.15) is 5.78 Å². The predicted molar refractivity (Wildman–Crippen MR) is 131 cm³/mol. The van der Waals surface area contributed by atoms with Crippen LogP contribution in [0.4, 0.5) is 0 Å². The van der Waals surface area contributed by atoms with Gasteiger partial charge in [0.15, 0.2) is 0 Å². The largest absolute Gasteiger partial charge is 0.395 e. The van der Waals surface area contributed by atoms with Crippen LogP contribution in [-0.4, -0.2) is 17.5 Å². The van der Waals surface area contributed by atoms with Gasteiger partial charge in [0.25, 0.3) is 0 Å². The second kappa shape index (κ2) is 9.89. The topological polar surface area (TPSA) is 37.3 Å². The lowest BCUT2D eigenvalue weighted by atomic mass is 9.81. The van der Waals surface area contributed by atoms with Gasteiger partial charge in [0, 0.05) is 5.41 Å². The molecule has 2 nitrogen and oxygen atoms in total. The number of aryl methyl sites for hydroxylation is 2. The maximum Gasteiger partial charge on any atom is 0.137 e. The number of aliphatic hydroxyl groups excluding tert-OH is 1. The molecule has 0 aromatic heterocycles. The Morgan fingerprint density at radius 1 is 0.935 bits per heavy atom. The molecule has 0 spiro atoms. The minimum absolute atomic E-state index is 0.0380. The second-order valence-corrected chi connectivity index (χ2v) is 8.69. The summed E-state index contributed by atoms with van der Waals surface area (Å²) in [4.78, 5) is 11.9. The van der Waals surface area contributed by atoms with Crippen LogP contribution in [0.1, 0.15) is 48.1 Å². The highest BCUT2D eigenvalue weighted by molar-refractivity contribution is 5.82. The normalized spacial score (nSPS) is 13.3. The molecule has 0 amide bonds. The van der Waals surface area contributed by atoms with E-state index < -0.39 is 5.41 Å². The molecule has 0 aliphatic rings. The Morgan fingerprint density at radius 3 is 2.32 bits per heavy atom. The van der Waals surface area contributed by atoms with Gasteiger partial charge in [-0.2, -0.15) is 0 Å². The smallest absolute Gasteiger partial charge is 0.137 e. The van der Waals surface area contributed by atoms with E-state index >= 15 is 0 Å². The minimum Gasteiger partial charge on any atom is -0.395 e. The summed E-state index contributed by atoms with van der Waals surface area (Å²) < 4.78 is 0. The molecular weight excluding hydrogens is 380 g/mol. The fraction of sp³-hybridized carbons (Fsp3) is 0.276. The Balaban J connectivity index is 1.83. The van der Waals surface area contributed by atoms with Crippen molar-refractivity contribution < 1.29 is 9.90 Å². The molecule has 160 valence electrons. The summed E-state index contributed by atoms with van der Waals surface area (Å²) in [6, 6.07) is 23.3. The summed E-state index contributed by atoms with van der Waals surface area (Å²) >= 11 is 0. The van der Waals surface area contributed by atoms with E-state index in [0.29, 0.717) is 6.42 Å². The highest BCUT2D eigenvalue weighted by atomic mass is 16.3. The summed E-state index contributed by atoms with van der Waals surface area (Å²) in [5, 5.41) is 9.64. The quantitative estimate of drug-likeness (QED) is 0.420. The molecule has 0 fully saturated rings. The van der Waals surface area contributed by atoms with E-state index in [4.69, 9.17) is 0 Å². The number of hydrogen-bond donors (Lipinski definition) is 1. The zero-order chi connectivity index (χ0) is 22.4. The average Bonchev–Trinajstić information content (AvgIpc) is 2.78. The number of ketones is 1. The van der Waals surface area contributed by atoms with Crippen molar-refractivity contribution in [3.05, 3.63) is 94.5 Å². The Labute approximate surface area is 186 Å². The van der Waals surface area contributed by atoms with Crippen molar-refractivity contribution in [1.82, 2.24) is 0 Å². The average molecular weight is 413 g/mol. The van der Waals surface area contributed by atoms with Crippen molar-refractivity contribution in [2.75, 3.05) is 6.61 Å². The van der Waals surface area contributed by atoms with Gasteiger partial charge >= 0.3 is 0 Å². The van der Waals surface area contributed by atoms with Gasteiger partial charge in [-0.1, -0.05) is 85.8 Å². The Bertz CT molecular complexity index is 1080. The van der Waals surface area contributed by atoms with Gasteiger partial charge in [0.05, 0.1) is 6.61 Å². The number of carbonyl (C=O) groups excluding carboxylic acids is 1. The highest BCUT2D eigenvalue weighted by Crippen LogP contribution is 2.28. The molecule has 3 rings (SSSR count). The van der Waals surface area contributed by atoms with Crippen LogP contribution >= 0.6 is 0 Å². The standard InChI is InChI=1S/C29H32O2/c1-21-13-14-24(17-18-29(4,20-30)23(3)31)19-27(21)16-15-25-11-8-12-28(22(25)2)26-9-6-5-7-10-26/h5-16,19,30H,17-18,20H2,1-4H3/b16-15+/t29-/m0/s1. The van der Waals surface area contributed by atoms with E-state index in [0.717, 1.165) is 6.42 Å². The predicted octanol–water partition coefficient (Wildman–Crippen LogP) is 6.66. The number of benzene rings is 3. The lowest BCUT2D eigenvalue weighted by Gasteiger charge is -2.24. The minimum atomic E-state index is -0.671. The zero-order valence-electron chi connectivity index (χ0n) is 19.0. The number of Topliss-reactive ketones (excluding diaryl/α,β-unsaturated/α-hetero) is 1. The van der Waals surface area contributed by atoms with Gasteiger partial charge in [-0.05, 0) is 72.6 Å². The molecule has 0 saturated heterocycles. The Hall–Kier alpha value is -2.97. The van der Waals surface area contributed by atoms with Crippen LogP contribution < -0.4 is 0 Å². The van der Waals surface area contributed by atoms with E-state index in [1.54, 1.807) is 6.92 Å². The molecule has 0 bridgehead atoms. The summed E-state index contributed by atoms with van der Waals surface area (Å²) in [6.45, 7) is 7.57. The van der Waals surface area contributed by atoms with Crippen molar-refractivity contribution >= 4 is 17.9 Å². The number of carbonyl (C=O) groups is 1. The van der Waals surface area contributed by atoms with Crippen molar-refractivity contribution in [2.45, 2.75) is 40.5 Å². The molecule has 1 atom stereocenters. The maximum absolute atomic E-state index is 11.9. The third-order valence-electron chi connectivity index (χ3n) is 6.41. The lowest BCUT2D eigenvalue weighted by Crippen LogP contribution is -2.30. The Morgan fingerprint density at radius 2 is 1.65 bits per heavy atom. The van der Waals surface area contributed by atoms with E-state index in [1.807, 2.05) is 13.0 Å². The number of aliphatic hydroxyl groups is 1. The van der Waals surface area contributed by atoms with Gasteiger partial charge < -0.3 is 5.11 Å². The van der Waals surface area contributed by atoms with Crippen LogP contribution in [0.3, 0.4) is 0 Å². The highest BCUT2D eigenvalue weighted by Gasteiger charge is 2.28. The van der Waals surface area contributed by atoms with Crippen LogP contribution in [0, 0.1) is 19.3 Å². The molecule has 0 heterocycles. The molecule has 0 aliphatic heterocycles. The molecule has 31 heavy (non-hydrogen) atoms. The first-order valence-corrected chi connectivity index (χ1v) is 10.9. The van der Waals surface area contributed by atoms with Crippen molar-refractivity contribution in [3.8, 4) is 11.1 Å². The second-order valence-electron chi connectivity index (χ2n) is 8.69. The van der Waals surface area contributed by atoms with Crippen LogP contribution in [0.2, 0.25) is 0 Å². The zero-order valence-corrected chi connectivity index (χ0v) is 19.0. The summed E-state index contributed by atoms with van der Waals surface area (Å²) in [6.07, 6.45) is 5.76. The third kappa shape index (κ3) is 5.39. The maximum atomic E-state index is 11.9. The molecule has 1 N–H and O–H groups in total. The lowest BCUT2D eigenvalue weighted by molar-refractivity contribution is -0.128. The summed E-state index contributed by atoms with van der Waals surface area (Å²) in [7, 11) is 0. The van der Waals surface area contributed by atoms with Gasteiger partial charge in [-0.25, -0.2) is 0 Å². The molecule has 0 aliphatic carbocycles. The number of hydrogen-bond acceptors (Lipinski definition) is 2. The summed E-state index contributed by atoms with van der Waals surface area (Å²) in [5.41, 5.74) is 7.85. The molecule has 2 heteroatoms. The first kappa shape index (κ1) is 22.7. The first-order valence-electron chi connectivity index (χ1n) is 10.9. The fourth-order valence-electron chi connectivity index (χ4n) is 3.76. The van der Waals surface area contributed by atoms with E-state index in [2.05, 4.69) is 86.7 Å². The van der Waals surface area contributed by atoms with Crippen molar-refractivity contribution in [3.63, 3.8) is 0 Å². The van der Waals surface area contributed by atoms with Gasteiger partial charge in [-0.3, -0.25) is 4.79 Å². The molecule has 0 saturated carbocycles. The molecule has 0 unspecified atom stereocenters. The number of rotatable bonds is 8.